The van der Waals surface area contributed by atoms with Gasteiger partial charge in [0.1, 0.15) is 5.75 Å². The molecule has 0 heterocycles. The summed E-state index contributed by atoms with van der Waals surface area (Å²) in [5.74, 6) is -2.26. The number of ether oxygens (including phenoxy) is 1. The number of hydrogen-bond acceptors (Lipinski definition) is 2. The van der Waals surface area contributed by atoms with Crippen LogP contribution in [0.4, 0.5) is 8.78 Å². The van der Waals surface area contributed by atoms with Gasteiger partial charge in [-0.2, -0.15) is 0 Å². The molecular weight excluding hydrogens is 284 g/mol. The predicted octanol–water partition coefficient (Wildman–Crippen LogP) is 5.11. The van der Waals surface area contributed by atoms with Crippen molar-refractivity contribution in [2.45, 2.75) is 65.7 Å². The van der Waals surface area contributed by atoms with E-state index in [1.165, 1.54) is 0 Å². The molecule has 4 heteroatoms. The summed E-state index contributed by atoms with van der Waals surface area (Å²) < 4.78 is 31.9. The minimum absolute atomic E-state index is 0.0602. The third-order valence-electron chi connectivity index (χ3n) is 3.19. The van der Waals surface area contributed by atoms with Crippen molar-refractivity contribution in [3.8, 4) is 5.75 Å². The van der Waals surface area contributed by atoms with Crippen LogP contribution in [-0.4, -0.2) is 19.1 Å². The molecule has 22 heavy (non-hydrogen) atoms. The highest BCUT2D eigenvalue weighted by atomic mass is 19.3. The van der Waals surface area contributed by atoms with Gasteiger partial charge in [-0.3, -0.25) is 0 Å². The molecule has 0 atom stereocenters. The lowest BCUT2D eigenvalue weighted by Gasteiger charge is -2.27. The second-order valence-corrected chi connectivity index (χ2v) is 6.47. The molecule has 0 radical (unpaired) electrons. The van der Waals surface area contributed by atoms with Crippen LogP contribution in [0.5, 0.6) is 5.75 Å². The van der Waals surface area contributed by atoms with Gasteiger partial charge in [0, 0.05) is 5.56 Å². The van der Waals surface area contributed by atoms with E-state index in [9.17, 15) is 8.78 Å². The molecular formula is C18H31F2NO. The van der Waals surface area contributed by atoms with Crippen molar-refractivity contribution < 1.29 is 13.5 Å². The molecule has 0 spiro atoms. The molecule has 0 amide bonds. The molecule has 1 aromatic carbocycles. The summed E-state index contributed by atoms with van der Waals surface area (Å²) in [5, 5.41) is 0. The van der Waals surface area contributed by atoms with Gasteiger partial charge in [-0.1, -0.05) is 60.6 Å². The monoisotopic (exact) mass is 315 g/mol. The Balaban J connectivity index is 0.00000211. The molecule has 128 valence electrons. The van der Waals surface area contributed by atoms with Gasteiger partial charge in [0.05, 0.1) is 6.54 Å². The second-order valence-electron chi connectivity index (χ2n) is 6.47. The Morgan fingerprint density at radius 1 is 1.14 bits per heavy atom. The van der Waals surface area contributed by atoms with Crippen LogP contribution in [0.2, 0.25) is 0 Å². The summed E-state index contributed by atoms with van der Waals surface area (Å²) in [4.78, 5) is 0. The van der Waals surface area contributed by atoms with Crippen molar-refractivity contribution in [2.24, 2.45) is 5.73 Å². The Kier molecular flexibility index (Phi) is 8.02. The van der Waals surface area contributed by atoms with E-state index in [0.29, 0.717) is 5.75 Å². The number of halogens is 2. The second kappa shape index (κ2) is 8.47. The fourth-order valence-corrected chi connectivity index (χ4v) is 2.16. The van der Waals surface area contributed by atoms with Gasteiger partial charge < -0.3 is 10.5 Å². The quantitative estimate of drug-likeness (QED) is 0.820. The number of alkyl halides is 2. The molecule has 0 fully saturated rings. The first-order valence-corrected chi connectivity index (χ1v) is 7.92. The van der Waals surface area contributed by atoms with E-state index in [1.54, 1.807) is 6.07 Å². The van der Waals surface area contributed by atoms with Crippen LogP contribution in [0.25, 0.3) is 0 Å². The number of benzene rings is 1. The highest BCUT2D eigenvalue weighted by Crippen LogP contribution is 2.37. The van der Waals surface area contributed by atoms with E-state index in [1.807, 2.05) is 39.8 Å². The number of hydrogen-bond donors (Lipinski definition) is 1. The van der Waals surface area contributed by atoms with E-state index >= 15 is 0 Å². The maximum atomic E-state index is 13.3. The average molecular weight is 315 g/mol. The third-order valence-corrected chi connectivity index (χ3v) is 3.19. The van der Waals surface area contributed by atoms with E-state index in [2.05, 4.69) is 20.8 Å². The zero-order valence-corrected chi connectivity index (χ0v) is 15.0. The van der Waals surface area contributed by atoms with E-state index in [-0.39, 0.29) is 11.3 Å². The van der Waals surface area contributed by atoms with Gasteiger partial charge in [-0.05, 0) is 23.0 Å². The molecule has 1 rings (SSSR count). The lowest BCUT2D eigenvalue weighted by Crippen LogP contribution is -2.34. The van der Waals surface area contributed by atoms with Gasteiger partial charge in [0.15, 0.2) is 6.61 Å². The SMILES string of the molecule is CC.CC(C)c1c(OCC(F)(F)CN)cccc1C(C)(C)C. The van der Waals surface area contributed by atoms with Gasteiger partial charge in [0.25, 0.3) is 5.92 Å². The summed E-state index contributed by atoms with van der Waals surface area (Å²) in [7, 11) is 0. The normalized spacial score (nSPS) is 12.0. The molecule has 2 nitrogen and oxygen atoms in total. The summed E-state index contributed by atoms with van der Waals surface area (Å²) in [5.41, 5.74) is 7.10. The Labute approximate surface area is 134 Å². The van der Waals surface area contributed by atoms with Crippen molar-refractivity contribution in [2.75, 3.05) is 13.2 Å². The molecule has 0 unspecified atom stereocenters. The standard InChI is InChI=1S/C16H25F2NO.C2H6/c1-11(2)14-12(15(3,4)5)7-6-8-13(14)20-10-16(17,18)9-19;1-2/h6-8,11H,9-10,19H2,1-5H3;1-2H3. The third kappa shape index (κ3) is 5.91. The van der Waals surface area contributed by atoms with E-state index in [0.717, 1.165) is 11.1 Å². The van der Waals surface area contributed by atoms with Gasteiger partial charge in [-0.15, -0.1) is 0 Å². The highest BCUT2D eigenvalue weighted by molar-refractivity contribution is 5.45. The van der Waals surface area contributed by atoms with Crippen molar-refractivity contribution >= 4 is 0 Å². The van der Waals surface area contributed by atoms with Crippen LogP contribution in [0.1, 0.15) is 65.5 Å². The van der Waals surface area contributed by atoms with Crippen LogP contribution in [0.15, 0.2) is 18.2 Å². The molecule has 0 bridgehead atoms. The highest BCUT2D eigenvalue weighted by Gasteiger charge is 2.29. The summed E-state index contributed by atoms with van der Waals surface area (Å²) >= 11 is 0. The minimum Gasteiger partial charge on any atom is -0.487 e. The maximum Gasteiger partial charge on any atom is 0.293 e. The molecule has 0 saturated heterocycles. The van der Waals surface area contributed by atoms with Crippen LogP contribution >= 0.6 is 0 Å². The molecule has 0 saturated carbocycles. The lowest BCUT2D eigenvalue weighted by atomic mass is 9.80. The zero-order valence-electron chi connectivity index (χ0n) is 15.0. The van der Waals surface area contributed by atoms with Crippen molar-refractivity contribution in [1.29, 1.82) is 0 Å². The molecule has 1 aromatic rings. The first kappa shape index (κ1) is 20.8. The maximum absolute atomic E-state index is 13.3. The molecule has 0 aromatic heterocycles. The topological polar surface area (TPSA) is 35.2 Å². The largest absolute Gasteiger partial charge is 0.487 e. The van der Waals surface area contributed by atoms with E-state index < -0.39 is 19.1 Å². The van der Waals surface area contributed by atoms with Crippen molar-refractivity contribution in [3.05, 3.63) is 29.3 Å². The Morgan fingerprint density at radius 2 is 1.68 bits per heavy atom. The van der Waals surface area contributed by atoms with Gasteiger partial charge in [-0.25, -0.2) is 8.78 Å². The van der Waals surface area contributed by atoms with Crippen molar-refractivity contribution in [3.63, 3.8) is 0 Å². The zero-order chi connectivity index (χ0) is 17.6. The van der Waals surface area contributed by atoms with Gasteiger partial charge >= 0.3 is 0 Å². The minimum atomic E-state index is -2.99. The molecule has 0 aliphatic rings. The first-order valence-electron chi connectivity index (χ1n) is 7.92. The van der Waals surface area contributed by atoms with Crippen LogP contribution in [0, 0.1) is 0 Å². The van der Waals surface area contributed by atoms with Crippen LogP contribution < -0.4 is 10.5 Å². The summed E-state index contributed by atoms with van der Waals surface area (Å²) in [6.45, 7) is 13.0. The molecule has 0 aliphatic heterocycles. The Morgan fingerprint density at radius 3 is 2.09 bits per heavy atom. The average Bonchev–Trinajstić information content (AvgIpc) is 2.46. The Bertz CT molecular complexity index is 451. The smallest absolute Gasteiger partial charge is 0.293 e. The predicted molar refractivity (Wildman–Crippen MR) is 90.1 cm³/mol. The first-order chi connectivity index (χ1) is 10.1. The van der Waals surface area contributed by atoms with E-state index in [4.69, 9.17) is 10.5 Å². The molecule has 0 aliphatic carbocycles. The van der Waals surface area contributed by atoms with Crippen LogP contribution in [0.3, 0.4) is 0 Å². The fraction of sp³-hybridized carbons (Fsp3) is 0.667. The van der Waals surface area contributed by atoms with Crippen molar-refractivity contribution in [1.82, 2.24) is 0 Å². The number of rotatable bonds is 5. The van der Waals surface area contributed by atoms with Gasteiger partial charge in [0.2, 0.25) is 0 Å². The molecule has 2 N–H and O–H groups in total. The summed E-state index contributed by atoms with van der Waals surface area (Å²) in [6.07, 6.45) is 0. The number of nitrogens with two attached hydrogens (primary N) is 1. The summed E-state index contributed by atoms with van der Waals surface area (Å²) in [6, 6.07) is 5.63. The Hall–Kier alpha value is -1.16. The fourth-order valence-electron chi connectivity index (χ4n) is 2.16. The van der Waals surface area contributed by atoms with Crippen LogP contribution in [-0.2, 0) is 5.41 Å². The lowest BCUT2D eigenvalue weighted by molar-refractivity contribution is -0.0322.